The van der Waals surface area contributed by atoms with E-state index in [0.717, 1.165) is 0 Å². The summed E-state index contributed by atoms with van der Waals surface area (Å²) < 4.78 is 10.3. The first-order valence-corrected chi connectivity index (χ1v) is 8.09. The van der Waals surface area contributed by atoms with Crippen molar-refractivity contribution in [3.8, 4) is 17.6 Å². The van der Waals surface area contributed by atoms with Gasteiger partial charge in [-0.15, -0.1) is 0 Å². The molecule has 6 nitrogen and oxygen atoms in total. The third kappa shape index (κ3) is 4.82. The summed E-state index contributed by atoms with van der Waals surface area (Å²) in [4.78, 5) is 12.3. The summed E-state index contributed by atoms with van der Waals surface area (Å²) >= 11 is 11.9. The minimum Gasteiger partial charge on any atom is -0.493 e. The van der Waals surface area contributed by atoms with Gasteiger partial charge in [0.2, 0.25) is 0 Å². The fourth-order valence-electron chi connectivity index (χ4n) is 2.02. The SMILES string of the molecule is COc1ccc(NC(=O)/C(C#N)=C\Nc2ccc(Cl)cc2Cl)cc1OC. The molecule has 0 aliphatic carbocycles. The second-order valence-corrected chi connectivity index (χ2v) is 5.81. The molecule has 0 atom stereocenters. The maximum atomic E-state index is 12.3. The van der Waals surface area contributed by atoms with E-state index in [-0.39, 0.29) is 5.57 Å². The van der Waals surface area contributed by atoms with Gasteiger partial charge < -0.3 is 20.1 Å². The number of halogens is 2. The van der Waals surface area contributed by atoms with Crippen LogP contribution >= 0.6 is 23.2 Å². The van der Waals surface area contributed by atoms with Gasteiger partial charge in [-0.05, 0) is 30.3 Å². The first-order chi connectivity index (χ1) is 12.5. The number of anilines is 2. The highest BCUT2D eigenvalue weighted by atomic mass is 35.5. The lowest BCUT2D eigenvalue weighted by Crippen LogP contribution is -2.14. The molecule has 134 valence electrons. The van der Waals surface area contributed by atoms with E-state index < -0.39 is 5.91 Å². The van der Waals surface area contributed by atoms with Gasteiger partial charge >= 0.3 is 0 Å². The van der Waals surface area contributed by atoms with Crippen LogP contribution in [0.15, 0.2) is 48.2 Å². The number of nitrogens with zero attached hydrogens (tertiary/aromatic N) is 1. The van der Waals surface area contributed by atoms with Crippen molar-refractivity contribution in [1.29, 1.82) is 5.26 Å². The van der Waals surface area contributed by atoms with Gasteiger partial charge in [-0.25, -0.2) is 0 Å². The summed E-state index contributed by atoms with van der Waals surface area (Å²) in [5.74, 6) is 0.400. The minimum atomic E-state index is -0.586. The Kier molecular flexibility index (Phi) is 6.73. The summed E-state index contributed by atoms with van der Waals surface area (Å²) in [7, 11) is 3.00. The molecule has 0 aliphatic heterocycles. The number of hydrogen-bond donors (Lipinski definition) is 2. The zero-order chi connectivity index (χ0) is 19.1. The van der Waals surface area contributed by atoms with Gasteiger partial charge in [0.25, 0.3) is 5.91 Å². The Morgan fingerprint density at radius 1 is 1.12 bits per heavy atom. The van der Waals surface area contributed by atoms with Gasteiger partial charge in [-0.3, -0.25) is 4.79 Å². The molecule has 2 N–H and O–H groups in total. The number of carbonyl (C=O) groups excluding carboxylic acids is 1. The molecular weight excluding hydrogens is 377 g/mol. The molecule has 26 heavy (non-hydrogen) atoms. The van der Waals surface area contributed by atoms with Gasteiger partial charge in [-0.2, -0.15) is 5.26 Å². The van der Waals surface area contributed by atoms with Gasteiger partial charge in [0.15, 0.2) is 11.5 Å². The van der Waals surface area contributed by atoms with E-state index in [9.17, 15) is 10.1 Å². The molecule has 8 heteroatoms. The van der Waals surface area contributed by atoms with Crippen molar-refractivity contribution in [2.24, 2.45) is 0 Å². The Balaban J connectivity index is 2.14. The number of rotatable bonds is 6. The zero-order valence-corrected chi connectivity index (χ0v) is 15.5. The van der Waals surface area contributed by atoms with Crippen LogP contribution in [0.3, 0.4) is 0 Å². The lowest BCUT2D eigenvalue weighted by atomic mass is 10.2. The summed E-state index contributed by atoms with van der Waals surface area (Å²) in [6.07, 6.45) is 1.27. The average molecular weight is 392 g/mol. The molecule has 0 aromatic heterocycles. The van der Waals surface area contributed by atoms with Crippen molar-refractivity contribution in [3.63, 3.8) is 0 Å². The predicted octanol–water partition coefficient (Wildman–Crippen LogP) is 4.47. The van der Waals surface area contributed by atoms with Crippen LogP contribution in [0.25, 0.3) is 0 Å². The fraction of sp³-hybridized carbons (Fsp3) is 0.111. The summed E-state index contributed by atoms with van der Waals surface area (Å²) in [6, 6.07) is 11.5. The maximum Gasteiger partial charge on any atom is 0.267 e. The van der Waals surface area contributed by atoms with Crippen LogP contribution in [0.5, 0.6) is 11.5 Å². The lowest BCUT2D eigenvalue weighted by molar-refractivity contribution is -0.112. The van der Waals surface area contributed by atoms with Crippen molar-refractivity contribution in [1.82, 2.24) is 0 Å². The third-order valence-electron chi connectivity index (χ3n) is 3.31. The van der Waals surface area contributed by atoms with E-state index in [4.69, 9.17) is 32.7 Å². The normalized spacial score (nSPS) is 10.7. The van der Waals surface area contributed by atoms with E-state index in [1.165, 1.54) is 20.4 Å². The van der Waals surface area contributed by atoms with Crippen LogP contribution in [0, 0.1) is 11.3 Å². The Hall–Kier alpha value is -2.88. The number of amides is 1. The quantitative estimate of drug-likeness (QED) is 0.560. The largest absolute Gasteiger partial charge is 0.493 e. The molecule has 0 unspecified atom stereocenters. The van der Waals surface area contributed by atoms with Crippen LogP contribution in [0.1, 0.15) is 0 Å². The van der Waals surface area contributed by atoms with E-state index in [2.05, 4.69) is 10.6 Å². The summed E-state index contributed by atoms with van der Waals surface area (Å²) in [5, 5.41) is 15.5. The first kappa shape index (κ1) is 19.4. The molecule has 0 fully saturated rings. The summed E-state index contributed by atoms with van der Waals surface area (Å²) in [5.41, 5.74) is 0.840. The predicted molar refractivity (Wildman–Crippen MR) is 102 cm³/mol. The molecular formula is C18H15Cl2N3O3. The Morgan fingerprint density at radius 2 is 1.85 bits per heavy atom. The van der Waals surface area contributed by atoms with Crippen LogP contribution in [0.2, 0.25) is 10.0 Å². The number of benzene rings is 2. The first-order valence-electron chi connectivity index (χ1n) is 7.33. The maximum absolute atomic E-state index is 12.3. The molecule has 0 heterocycles. The van der Waals surface area contributed by atoms with Gasteiger partial charge in [0, 0.05) is 23.0 Å². The topological polar surface area (TPSA) is 83.4 Å². The number of hydrogen-bond acceptors (Lipinski definition) is 5. The van der Waals surface area contributed by atoms with Crippen molar-refractivity contribution in [2.45, 2.75) is 0 Å². The number of ether oxygens (including phenoxy) is 2. The van der Waals surface area contributed by atoms with Crippen LogP contribution in [-0.4, -0.2) is 20.1 Å². The number of nitrogens with one attached hydrogen (secondary N) is 2. The molecule has 2 aromatic carbocycles. The van der Waals surface area contributed by atoms with Gasteiger partial charge in [0.1, 0.15) is 11.6 Å². The van der Waals surface area contributed by atoms with Crippen molar-refractivity contribution in [3.05, 3.63) is 58.2 Å². The van der Waals surface area contributed by atoms with Crippen LogP contribution in [0.4, 0.5) is 11.4 Å². The van der Waals surface area contributed by atoms with Crippen molar-refractivity contribution < 1.29 is 14.3 Å². The second-order valence-electron chi connectivity index (χ2n) is 4.96. The van der Waals surface area contributed by atoms with Gasteiger partial charge in [0.05, 0.1) is 24.9 Å². The van der Waals surface area contributed by atoms with E-state index >= 15 is 0 Å². The molecule has 2 aromatic rings. The Bertz CT molecular complexity index is 892. The number of methoxy groups -OCH3 is 2. The van der Waals surface area contributed by atoms with Crippen molar-refractivity contribution in [2.75, 3.05) is 24.9 Å². The zero-order valence-electron chi connectivity index (χ0n) is 14.0. The highest BCUT2D eigenvalue weighted by Crippen LogP contribution is 2.30. The van der Waals surface area contributed by atoms with E-state index in [0.29, 0.717) is 32.9 Å². The van der Waals surface area contributed by atoms with Gasteiger partial charge in [-0.1, -0.05) is 23.2 Å². The number of carbonyl (C=O) groups is 1. The fourth-order valence-corrected chi connectivity index (χ4v) is 2.48. The molecule has 0 aliphatic rings. The molecule has 0 bridgehead atoms. The molecule has 0 radical (unpaired) electrons. The standard InChI is InChI=1S/C18H15Cl2N3O3/c1-25-16-6-4-13(8-17(16)26-2)23-18(24)11(9-21)10-22-15-5-3-12(19)7-14(15)20/h3-8,10,22H,1-2H3,(H,23,24)/b11-10-. The second kappa shape index (κ2) is 8.99. The molecule has 0 spiro atoms. The third-order valence-corrected chi connectivity index (χ3v) is 3.86. The Morgan fingerprint density at radius 3 is 2.46 bits per heavy atom. The van der Waals surface area contributed by atoms with Crippen LogP contribution in [-0.2, 0) is 4.79 Å². The smallest absolute Gasteiger partial charge is 0.267 e. The monoisotopic (exact) mass is 391 g/mol. The van der Waals surface area contributed by atoms with E-state index in [1.54, 1.807) is 36.4 Å². The lowest BCUT2D eigenvalue weighted by Gasteiger charge is -2.10. The highest BCUT2D eigenvalue weighted by Gasteiger charge is 2.12. The minimum absolute atomic E-state index is 0.134. The molecule has 2 rings (SSSR count). The highest BCUT2D eigenvalue weighted by molar-refractivity contribution is 6.36. The van der Waals surface area contributed by atoms with E-state index in [1.807, 2.05) is 6.07 Å². The van der Waals surface area contributed by atoms with Crippen LogP contribution < -0.4 is 20.1 Å². The molecule has 1 amide bonds. The number of nitriles is 1. The molecule has 0 saturated carbocycles. The Labute approximate surface area is 160 Å². The van der Waals surface area contributed by atoms with Crippen molar-refractivity contribution >= 4 is 40.5 Å². The molecule has 0 saturated heterocycles. The summed E-state index contributed by atoms with van der Waals surface area (Å²) in [6.45, 7) is 0. The average Bonchev–Trinajstić information content (AvgIpc) is 2.63.